The molecular formula is C20H13NO4. The fraction of sp³-hybridized carbons (Fsp3) is 0.0500. The molecule has 0 atom stereocenters. The monoisotopic (exact) mass is 331 g/mol. The Hall–Kier alpha value is -3.47. The second-order valence-corrected chi connectivity index (χ2v) is 5.74. The highest BCUT2D eigenvalue weighted by Crippen LogP contribution is 2.16. The van der Waals surface area contributed by atoms with Crippen LogP contribution in [0.15, 0.2) is 80.7 Å². The molecule has 1 heterocycles. The second kappa shape index (κ2) is 5.87. The first-order valence-corrected chi connectivity index (χ1v) is 7.78. The number of ketones is 1. The molecule has 0 saturated heterocycles. The Bertz CT molecular complexity index is 1230. The van der Waals surface area contributed by atoms with Crippen LogP contribution in [0, 0.1) is 0 Å². The smallest absolute Gasteiger partial charge is 0.409 e. The van der Waals surface area contributed by atoms with Gasteiger partial charge in [-0.15, -0.1) is 0 Å². The molecule has 0 spiro atoms. The number of carbonyl (C=O) groups excluding carboxylic acids is 1. The van der Waals surface area contributed by atoms with Crippen molar-refractivity contribution in [1.29, 1.82) is 0 Å². The van der Waals surface area contributed by atoms with Gasteiger partial charge in [0.15, 0.2) is 5.78 Å². The summed E-state index contributed by atoms with van der Waals surface area (Å²) in [6, 6.07) is 19.4. The zero-order valence-electron chi connectivity index (χ0n) is 13.1. The molecule has 0 aliphatic rings. The van der Waals surface area contributed by atoms with Crippen molar-refractivity contribution in [1.82, 2.24) is 4.57 Å². The minimum Gasteiger partial charge on any atom is -0.409 e. The molecule has 0 unspecified atom stereocenters. The van der Waals surface area contributed by atoms with Gasteiger partial charge >= 0.3 is 5.76 Å². The normalized spacial score (nSPS) is 11.0. The maximum Gasteiger partial charge on any atom is 0.422 e. The first kappa shape index (κ1) is 15.1. The third-order valence-corrected chi connectivity index (χ3v) is 4.15. The van der Waals surface area contributed by atoms with Crippen LogP contribution in [0.4, 0.5) is 0 Å². The Kier molecular flexibility index (Phi) is 3.54. The molecule has 0 amide bonds. The highest BCUT2D eigenvalue weighted by molar-refractivity contribution is 5.99. The van der Waals surface area contributed by atoms with Gasteiger partial charge in [-0.25, -0.2) is 9.36 Å². The van der Waals surface area contributed by atoms with Crippen molar-refractivity contribution < 1.29 is 9.21 Å². The molecule has 4 aromatic rings. The summed E-state index contributed by atoms with van der Waals surface area (Å²) in [6.45, 7) is -0.357. The first-order valence-electron chi connectivity index (χ1n) is 7.78. The van der Waals surface area contributed by atoms with Gasteiger partial charge in [0, 0.05) is 5.56 Å². The van der Waals surface area contributed by atoms with Crippen molar-refractivity contribution in [3.63, 3.8) is 0 Å². The van der Waals surface area contributed by atoms with Crippen LogP contribution in [-0.4, -0.2) is 10.4 Å². The summed E-state index contributed by atoms with van der Waals surface area (Å²) in [7, 11) is 0. The van der Waals surface area contributed by atoms with Gasteiger partial charge in [-0.1, -0.05) is 48.5 Å². The highest BCUT2D eigenvalue weighted by atomic mass is 16.4. The predicted octanol–water partition coefficient (Wildman–Crippen LogP) is 2.99. The van der Waals surface area contributed by atoms with Gasteiger partial charge in [0.05, 0.1) is 11.9 Å². The van der Waals surface area contributed by atoms with Crippen LogP contribution >= 0.6 is 0 Å². The molecule has 25 heavy (non-hydrogen) atoms. The van der Waals surface area contributed by atoms with E-state index in [1.807, 2.05) is 30.3 Å². The Labute approximate surface area is 141 Å². The van der Waals surface area contributed by atoms with Crippen molar-refractivity contribution in [2.75, 3.05) is 0 Å². The van der Waals surface area contributed by atoms with E-state index in [1.165, 1.54) is 0 Å². The SMILES string of the molecule is O=C(Cn1c(=O)oc2ccccc2c1=O)c1ccc2ccccc2c1. The number of fused-ring (bicyclic) bond motifs is 2. The van der Waals surface area contributed by atoms with Gasteiger partial charge in [-0.3, -0.25) is 9.59 Å². The van der Waals surface area contributed by atoms with Crippen LogP contribution in [0.5, 0.6) is 0 Å². The summed E-state index contributed by atoms with van der Waals surface area (Å²) in [6.07, 6.45) is 0. The van der Waals surface area contributed by atoms with Gasteiger partial charge in [-0.2, -0.15) is 0 Å². The van der Waals surface area contributed by atoms with E-state index in [1.54, 1.807) is 36.4 Å². The molecule has 122 valence electrons. The minimum atomic E-state index is -0.835. The molecule has 0 radical (unpaired) electrons. The molecule has 0 bridgehead atoms. The van der Waals surface area contributed by atoms with Gasteiger partial charge in [0.2, 0.25) is 0 Å². The Morgan fingerprint density at radius 2 is 1.60 bits per heavy atom. The standard InChI is InChI=1S/C20H13NO4/c22-17(15-10-9-13-5-1-2-6-14(13)11-15)12-21-19(23)16-7-3-4-8-18(16)25-20(21)24/h1-11H,12H2. The average molecular weight is 331 g/mol. The summed E-state index contributed by atoms with van der Waals surface area (Å²) in [5.74, 6) is -1.16. The molecule has 5 heteroatoms. The van der Waals surface area contributed by atoms with Gasteiger partial charge in [0.25, 0.3) is 5.56 Å². The summed E-state index contributed by atoms with van der Waals surface area (Å²) >= 11 is 0. The number of rotatable bonds is 3. The number of carbonyl (C=O) groups is 1. The van der Waals surface area contributed by atoms with Gasteiger partial charge in [0.1, 0.15) is 5.58 Å². The quantitative estimate of drug-likeness (QED) is 0.541. The maximum absolute atomic E-state index is 12.6. The van der Waals surface area contributed by atoms with E-state index in [0.29, 0.717) is 5.56 Å². The molecule has 5 nitrogen and oxygen atoms in total. The zero-order chi connectivity index (χ0) is 17.4. The molecule has 1 aromatic heterocycles. The zero-order valence-corrected chi connectivity index (χ0v) is 13.1. The Morgan fingerprint density at radius 1 is 0.880 bits per heavy atom. The molecular weight excluding hydrogens is 318 g/mol. The maximum atomic E-state index is 12.6. The number of Topliss-reactive ketones (excluding diaryl/α,β-unsaturated/α-hetero) is 1. The Balaban J connectivity index is 1.76. The van der Waals surface area contributed by atoms with Crippen molar-refractivity contribution in [3.8, 4) is 0 Å². The van der Waals surface area contributed by atoms with E-state index in [4.69, 9.17) is 4.42 Å². The van der Waals surface area contributed by atoms with Crippen LogP contribution in [0.3, 0.4) is 0 Å². The van der Waals surface area contributed by atoms with E-state index in [2.05, 4.69) is 0 Å². The fourth-order valence-corrected chi connectivity index (χ4v) is 2.84. The topological polar surface area (TPSA) is 69.3 Å². The van der Waals surface area contributed by atoms with E-state index in [9.17, 15) is 14.4 Å². The molecule has 4 rings (SSSR count). The largest absolute Gasteiger partial charge is 0.422 e. The van der Waals surface area contributed by atoms with Crippen molar-refractivity contribution in [3.05, 3.63) is 93.2 Å². The number of hydrogen-bond donors (Lipinski definition) is 0. The third-order valence-electron chi connectivity index (χ3n) is 4.15. The summed E-state index contributed by atoms with van der Waals surface area (Å²) in [5, 5.41) is 2.21. The van der Waals surface area contributed by atoms with Gasteiger partial charge in [-0.05, 0) is 29.0 Å². The Morgan fingerprint density at radius 3 is 2.44 bits per heavy atom. The average Bonchev–Trinajstić information content (AvgIpc) is 2.64. The van der Waals surface area contributed by atoms with E-state index < -0.39 is 11.3 Å². The van der Waals surface area contributed by atoms with Crippen molar-refractivity contribution in [2.45, 2.75) is 6.54 Å². The van der Waals surface area contributed by atoms with Gasteiger partial charge < -0.3 is 4.42 Å². The predicted molar refractivity (Wildman–Crippen MR) is 95.0 cm³/mol. The lowest BCUT2D eigenvalue weighted by Crippen LogP contribution is -2.35. The summed E-state index contributed by atoms with van der Waals surface area (Å²) < 4.78 is 5.97. The lowest BCUT2D eigenvalue weighted by molar-refractivity contribution is 0.0966. The van der Waals surface area contributed by atoms with Crippen molar-refractivity contribution >= 4 is 27.5 Å². The number of nitrogens with zero attached hydrogens (tertiary/aromatic N) is 1. The van der Waals surface area contributed by atoms with E-state index >= 15 is 0 Å². The fourth-order valence-electron chi connectivity index (χ4n) is 2.84. The van der Waals surface area contributed by atoms with Crippen LogP contribution < -0.4 is 11.3 Å². The number of hydrogen-bond acceptors (Lipinski definition) is 4. The highest BCUT2D eigenvalue weighted by Gasteiger charge is 2.14. The minimum absolute atomic E-state index is 0.215. The van der Waals surface area contributed by atoms with E-state index in [0.717, 1.165) is 15.3 Å². The molecule has 0 aliphatic carbocycles. The summed E-state index contributed by atoms with van der Waals surface area (Å²) in [5.41, 5.74) is 0.131. The van der Waals surface area contributed by atoms with Crippen LogP contribution in [0.1, 0.15) is 10.4 Å². The molecule has 0 fully saturated rings. The third kappa shape index (κ3) is 2.65. The number of aromatic nitrogens is 1. The number of para-hydroxylation sites is 1. The van der Waals surface area contributed by atoms with Crippen molar-refractivity contribution in [2.24, 2.45) is 0 Å². The molecule has 0 N–H and O–H groups in total. The molecule has 0 aliphatic heterocycles. The molecule has 3 aromatic carbocycles. The summed E-state index contributed by atoms with van der Waals surface area (Å²) in [4.78, 5) is 37.1. The number of benzene rings is 3. The molecule has 0 saturated carbocycles. The van der Waals surface area contributed by atoms with Crippen LogP contribution in [0.2, 0.25) is 0 Å². The second-order valence-electron chi connectivity index (χ2n) is 5.74. The van der Waals surface area contributed by atoms with E-state index in [-0.39, 0.29) is 23.3 Å². The van der Waals surface area contributed by atoms with Crippen LogP contribution in [-0.2, 0) is 6.54 Å². The lowest BCUT2D eigenvalue weighted by Gasteiger charge is -2.06. The lowest BCUT2D eigenvalue weighted by atomic mass is 10.0. The van der Waals surface area contributed by atoms with Crippen LogP contribution in [0.25, 0.3) is 21.7 Å². The first-order chi connectivity index (χ1) is 12.1.